The van der Waals surface area contributed by atoms with Gasteiger partial charge in [0.05, 0.1) is 9.77 Å². The first-order valence-corrected chi connectivity index (χ1v) is 12.8. The van der Waals surface area contributed by atoms with Gasteiger partial charge in [0.2, 0.25) is 27.6 Å². The average Bonchev–Trinajstić information content (AvgIpc) is 3.32. The number of nitrogens with zero attached hydrogens (tertiary/aromatic N) is 3. The van der Waals surface area contributed by atoms with Crippen LogP contribution in [-0.4, -0.2) is 47.9 Å². The summed E-state index contributed by atoms with van der Waals surface area (Å²) >= 11 is 1.36. The van der Waals surface area contributed by atoms with E-state index in [4.69, 9.17) is 4.52 Å². The van der Waals surface area contributed by atoms with Crippen molar-refractivity contribution in [3.05, 3.63) is 16.8 Å². The second kappa shape index (κ2) is 8.39. The van der Waals surface area contributed by atoms with Crippen LogP contribution in [0, 0.1) is 12.8 Å². The van der Waals surface area contributed by atoms with Crippen molar-refractivity contribution in [1.82, 2.24) is 19.8 Å². The highest BCUT2D eigenvalue weighted by Crippen LogP contribution is 2.41. The van der Waals surface area contributed by atoms with Gasteiger partial charge in [0, 0.05) is 35.8 Å². The topological polar surface area (TPSA) is 105 Å². The lowest BCUT2D eigenvalue weighted by atomic mass is 9.97. The van der Waals surface area contributed by atoms with Crippen molar-refractivity contribution in [2.24, 2.45) is 5.92 Å². The Morgan fingerprint density at radius 3 is 2.67 bits per heavy atom. The van der Waals surface area contributed by atoms with Gasteiger partial charge in [-0.05, 0) is 52.0 Å². The number of hydrogen-bond acceptors (Lipinski definition) is 7. The van der Waals surface area contributed by atoms with Gasteiger partial charge in [-0.25, -0.2) is 8.42 Å². The summed E-state index contributed by atoms with van der Waals surface area (Å²) in [6, 6.07) is 1.79. The molecule has 0 unspecified atom stereocenters. The number of rotatable bonds is 7. The van der Waals surface area contributed by atoms with Crippen LogP contribution in [0.5, 0.6) is 0 Å². The Morgan fingerprint density at radius 1 is 1.33 bits per heavy atom. The normalized spacial score (nSPS) is 19.7. The van der Waals surface area contributed by atoms with Crippen LogP contribution in [0.25, 0.3) is 10.7 Å². The molecule has 2 aromatic rings. The van der Waals surface area contributed by atoms with Crippen molar-refractivity contribution in [3.8, 4) is 10.7 Å². The van der Waals surface area contributed by atoms with Crippen LogP contribution in [0.3, 0.4) is 0 Å². The Morgan fingerprint density at radius 2 is 2.03 bits per heavy atom. The van der Waals surface area contributed by atoms with E-state index in [2.05, 4.69) is 15.5 Å². The molecular weight excluding hydrogens is 424 g/mol. The third-order valence-corrected chi connectivity index (χ3v) is 9.10. The Hall–Kier alpha value is -1.78. The number of carbonyl (C=O) groups is 1. The maximum absolute atomic E-state index is 13.2. The molecular formula is C20H28N4O4S2. The van der Waals surface area contributed by atoms with Gasteiger partial charge in [0.1, 0.15) is 0 Å². The number of piperidine rings is 1. The summed E-state index contributed by atoms with van der Waals surface area (Å²) in [5, 5.41) is 7.03. The van der Waals surface area contributed by atoms with Crippen LogP contribution in [0.4, 0.5) is 0 Å². The minimum Gasteiger partial charge on any atom is -0.353 e. The molecule has 1 saturated heterocycles. The molecule has 0 aromatic carbocycles. The van der Waals surface area contributed by atoms with Crippen molar-refractivity contribution < 1.29 is 17.7 Å². The summed E-state index contributed by atoms with van der Waals surface area (Å²) in [5.41, 5.74) is 0. The molecule has 1 saturated carbocycles. The van der Waals surface area contributed by atoms with E-state index in [0.717, 1.165) is 19.3 Å². The predicted molar refractivity (Wildman–Crippen MR) is 114 cm³/mol. The van der Waals surface area contributed by atoms with E-state index < -0.39 is 10.0 Å². The van der Waals surface area contributed by atoms with Crippen LogP contribution < -0.4 is 5.32 Å². The molecule has 1 aliphatic heterocycles. The van der Waals surface area contributed by atoms with E-state index >= 15 is 0 Å². The van der Waals surface area contributed by atoms with Gasteiger partial charge in [0.25, 0.3) is 0 Å². The van der Waals surface area contributed by atoms with Gasteiger partial charge in [-0.3, -0.25) is 4.79 Å². The van der Waals surface area contributed by atoms with Crippen LogP contribution in [-0.2, 0) is 14.8 Å². The quantitative estimate of drug-likeness (QED) is 0.691. The Labute approximate surface area is 181 Å². The molecule has 1 amide bonds. The van der Waals surface area contributed by atoms with Crippen LogP contribution in [0.15, 0.2) is 15.5 Å². The van der Waals surface area contributed by atoms with E-state index in [-0.39, 0.29) is 17.9 Å². The van der Waals surface area contributed by atoms with Gasteiger partial charge in [0.15, 0.2) is 0 Å². The zero-order valence-electron chi connectivity index (χ0n) is 17.6. The second-order valence-corrected chi connectivity index (χ2v) is 11.4. The smallest absolute Gasteiger partial charge is 0.244 e. The highest BCUT2D eigenvalue weighted by atomic mass is 32.2. The monoisotopic (exact) mass is 452 g/mol. The molecule has 1 atom stereocenters. The number of sulfonamides is 1. The standard InChI is InChI=1S/C20H28N4O4S2/c1-4-12(2)21-19(25)14-7-9-24(10-8-14)30(26,27)17-11-16(29-13(17)3)18-22-20(28-23-18)15-5-6-15/h11-12,14-15H,4-10H2,1-3H3,(H,21,25)/t12-/m0/s1. The first-order chi connectivity index (χ1) is 14.3. The number of thiophene rings is 1. The molecule has 164 valence electrons. The highest BCUT2D eigenvalue weighted by Gasteiger charge is 2.35. The van der Waals surface area contributed by atoms with Crippen LogP contribution >= 0.6 is 11.3 Å². The molecule has 2 aromatic heterocycles. The maximum Gasteiger partial charge on any atom is 0.244 e. The SMILES string of the molecule is CC[C@H](C)NC(=O)C1CCN(S(=O)(=O)c2cc(-c3noc(C4CC4)n3)sc2C)CC1. The lowest BCUT2D eigenvalue weighted by molar-refractivity contribution is -0.126. The lowest BCUT2D eigenvalue weighted by Gasteiger charge is -2.31. The third-order valence-electron chi connectivity index (χ3n) is 5.90. The van der Waals surface area contributed by atoms with E-state index in [1.807, 2.05) is 13.8 Å². The van der Waals surface area contributed by atoms with Crippen molar-refractivity contribution >= 4 is 27.3 Å². The number of hydrogen-bond donors (Lipinski definition) is 1. The zero-order valence-corrected chi connectivity index (χ0v) is 19.2. The van der Waals surface area contributed by atoms with Crippen molar-refractivity contribution in [3.63, 3.8) is 0 Å². The fourth-order valence-corrected chi connectivity index (χ4v) is 6.58. The van der Waals surface area contributed by atoms with E-state index in [1.54, 1.807) is 13.0 Å². The minimum absolute atomic E-state index is 0.0268. The van der Waals surface area contributed by atoms with Crippen molar-refractivity contribution in [1.29, 1.82) is 0 Å². The van der Waals surface area contributed by atoms with Gasteiger partial charge in [-0.2, -0.15) is 9.29 Å². The van der Waals surface area contributed by atoms with Gasteiger partial charge in [-0.15, -0.1) is 11.3 Å². The molecule has 2 fully saturated rings. The molecule has 0 spiro atoms. The molecule has 2 aliphatic rings. The maximum atomic E-state index is 13.2. The first kappa shape index (κ1) is 21.5. The van der Waals surface area contributed by atoms with Gasteiger partial charge >= 0.3 is 0 Å². The zero-order chi connectivity index (χ0) is 21.5. The molecule has 1 aliphatic carbocycles. The summed E-state index contributed by atoms with van der Waals surface area (Å²) in [6.07, 6.45) is 4.08. The summed E-state index contributed by atoms with van der Waals surface area (Å²) in [5.74, 6) is 1.34. The highest BCUT2D eigenvalue weighted by molar-refractivity contribution is 7.89. The molecule has 4 rings (SSSR count). The number of carbonyl (C=O) groups excluding carboxylic acids is 1. The molecule has 1 N–H and O–H groups in total. The number of amides is 1. The van der Waals surface area contributed by atoms with E-state index in [0.29, 0.717) is 58.2 Å². The lowest BCUT2D eigenvalue weighted by Crippen LogP contribution is -2.44. The molecule has 30 heavy (non-hydrogen) atoms. The summed E-state index contributed by atoms with van der Waals surface area (Å²) in [7, 11) is -3.63. The average molecular weight is 453 g/mol. The largest absolute Gasteiger partial charge is 0.353 e. The number of aryl methyl sites for hydroxylation is 1. The second-order valence-electron chi connectivity index (χ2n) is 8.26. The first-order valence-electron chi connectivity index (χ1n) is 10.5. The predicted octanol–water partition coefficient (Wildman–Crippen LogP) is 3.30. The third kappa shape index (κ3) is 4.31. The summed E-state index contributed by atoms with van der Waals surface area (Å²) in [4.78, 5) is 18.5. The minimum atomic E-state index is -3.63. The van der Waals surface area contributed by atoms with Gasteiger partial charge < -0.3 is 9.84 Å². The molecule has 8 nitrogen and oxygen atoms in total. The van der Waals surface area contributed by atoms with E-state index in [9.17, 15) is 13.2 Å². The fraction of sp³-hybridized carbons (Fsp3) is 0.650. The summed E-state index contributed by atoms with van der Waals surface area (Å²) in [6.45, 7) is 6.50. The summed E-state index contributed by atoms with van der Waals surface area (Å²) < 4.78 is 33.3. The molecule has 3 heterocycles. The van der Waals surface area contributed by atoms with Gasteiger partial charge in [-0.1, -0.05) is 12.1 Å². The van der Waals surface area contributed by atoms with Crippen LogP contribution in [0.1, 0.15) is 62.6 Å². The van der Waals surface area contributed by atoms with Crippen molar-refractivity contribution in [2.75, 3.05) is 13.1 Å². The molecule has 0 radical (unpaired) electrons. The Kier molecular flexibility index (Phi) is 6.00. The van der Waals surface area contributed by atoms with Crippen molar-refractivity contribution in [2.45, 2.75) is 69.7 Å². The number of aromatic nitrogens is 2. The Balaban J connectivity index is 1.45. The van der Waals surface area contributed by atoms with Crippen LogP contribution in [0.2, 0.25) is 0 Å². The molecule has 0 bridgehead atoms. The van der Waals surface area contributed by atoms with E-state index in [1.165, 1.54) is 15.6 Å². The Bertz CT molecular complexity index is 1020. The molecule has 10 heteroatoms. The number of nitrogens with one attached hydrogen (secondary N) is 1. The fourth-order valence-electron chi connectivity index (χ4n) is 3.62.